The first-order valence-electron chi connectivity index (χ1n) is 8.90. The minimum absolute atomic E-state index is 0.169. The molecule has 6 nitrogen and oxygen atoms in total. The number of hydrogen-bond acceptors (Lipinski definition) is 3. The molecule has 1 N–H and O–H groups in total. The fraction of sp³-hybridized carbons (Fsp3) is 0.286. The predicted octanol–water partition coefficient (Wildman–Crippen LogP) is 2.60. The van der Waals surface area contributed by atoms with Crippen molar-refractivity contribution in [1.82, 2.24) is 14.5 Å². The van der Waals surface area contributed by atoms with Crippen molar-refractivity contribution in [1.29, 1.82) is 0 Å². The normalized spacial score (nSPS) is 11.0. The van der Waals surface area contributed by atoms with Gasteiger partial charge < -0.3 is 9.88 Å². The zero-order chi connectivity index (χ0) is 19.7. The molecule has 0 aliphatic rings. The molecule has 0 bridgehead atoms. The van der Waals surface area contributed by atoms with Crippen LogP contribution in [0.15, 0.2) is 46.0 Å². The van der Waals surface area contributed by atoms with Gasteiger partial charge in [-0.15, -0.1) is 0 Å². The molecule has 0 atom stereocenters. The highest BCUT2D eigenvalue weighted by Gasteiger charge is 2.15. The van der Waals surface area contributed by atoms with E-state index >= 15 is 0 Å². The molecule has 0 spiro atoms. The summed E-state index contributed by atoms with van der Waals surface area (Å²) in [6, 6.07) is 10.9. The maximum atomic E-state index is 12.8. The zero-order valence-electron chi connectivity index (χ0n) is 16.0. The Balaban J connectivity index is 1.93. The van der Waals surface area contributed by atoms with Crippen LogP contribution in [0.2, 0.25) is 0 Å². The molecule has 27 heavy (non-hydrogen) atoms. The van der Waals surface area contributed by atoms with E-state index in [4.69, 9.17) is 0 Å². The Kier molecular flexibility index (Phi) is 4.99. The summed E-state index contributed by atoms with van der Waals surface area (Å²) in [5.74, 6) is -0.169. The van der Waals surface area contributed by atoms with Crippen LogP contribution in [0.25, 0.3) is 10.9 Å². The molecule has 0 aliphatic carbocycles. The van der Waals surface area contributed by atoms with Crippen molar-refractivity contribution in [2.45, 2.75) is 33.9 Å². The Labute approximate surface area is 157 Å². The number of carbonyl (C=O) groups is 1. The fourth-order valence-corrected chi connectivity index (χ4v) is 3.25. The van der Waals surface area contributed by atoms with Gasteiger partial charge in [-0.1, -0.05) is 23.8 Å². The number of hydrogen-bond donors (Lipinski definition) is 1. The summed E-state index contributed by atoms with van der Waals surface area (Å²) in [6.07, 6.45) is 0. The lowest BCUT2D eigenvalue weighted by Crippen LogP contribution is -2.34. The van der Waals surface area contributed by atoms with E-state index in [0.717, 1.165) is 15.7 Å². The van der Waals surface area contributed by atoms with Crippen LogP contribution in [0.3, 0.4) is 0 Å². The number of rotatable bonds is 4. The lowest BCUT2D eigenvalue weighted by atomic mass is 10.0. The fourth-order valence-electron chi connectivity index (χ4n) is 3.25. The van der Waals surface area contributed by atoms with Crippen molar-refractivity contribution in [2.24, 2.45) is 0 Å². The second-order valence-corrected chi connectivity index (χ2v) is 6.83. The number of fused-ring (bicyclic) bond motifs is 1. The van der Waals surface area contributed by atoms with E-state index in [-0.39, 0.29) is 11.5 Å². The minimum atomic E-state index is -0.469. The molecule has 0 saturated heterocycles. The van der Waals surface area contributed by atoms with E-state index < -0.39 is 5.69 Å². The Morgan fingerprint density at radius 3 is 2.52 bits per heavy atom. The molecule has 0 saturated carbocycles. The van der Waals surface area contributed by atoms with Gasteiger partial charge in [-0.2, -0.15) is 0 Å². The number of aryl methyl sites for hydroxylation is 2. The summed E-state index contributed by atoms with van der Waals surface area (Å²) < 4.78 is 1.14. The Hall–Kier alpha value is -3.15. The molecular formula is C21H23N3O3. The van der Waals surface area contributed by atoms with Gasteiger partial charge in [-0.05, 0) is 50.1 Å². The van der Waals surface area contributed by atoms with Crippen LogP contribution in [-0.2, 0) is 13.1 Å². The lowest BCUT2D eigenvalue weighted by Gasteiger charge is -2.19. The summed E-state index contributed by atoms with van der Waals surface area (Å²) in [5.41, 5.74) is 3.39. The van der Waals surface area contributed by atoms with Gasteiger partial charge in [0.05, 0.1) is 10.9 Å². The molecule has 1 amide bonds. The SMILES string of the molecule is CCn1c(=O)[nH]c2cc(C(=O)N(C)Cc3ccc(C)cc3C)ccc2c1=O. The number of amides is 1. The van der Waals surface area contributed by atoms with Crippen molar-refractivity contribution in [2.75, 3.05) is 7.05 Å². The molecule has 2 aromatic carbocycles. The summed E-state index contributed by atoms with van der Waals surface area (Å²) in [6.45, 7) is 6.58. The summed E-state index contributed by atoms with van der Waals surface area (Å²) in [4.78, 5) is 41.5. The number of nitrogens with one attached hydrogen (secondary N) is 1. The average molecular weight is 365 g/mol. The molecule has 3 aromatic rings. The van der Waals surface area contributed by atoms with Crippen LogP contribution in [0.5, 0.6) is 0 Å². The molecular weight excluding hydrogens is 342 g/mol. The summed E-state index contributed by atoms with van der Waals surface area (Å²) >= 11 is 0. The van der Waals surface area contributed by atoms with Crippen LogP contribution >= 0.6 is 0 Å². The number of nitrogens with zero attached hydrogens (tertiary/aromatic N) is 2. The van der Waals surface area contributed by atoms with Crippen molar-refractivity contribution >= 4 is 16.8 Å². The van der Waals surface area contributed by atoms with E-state index in [1.165, 1.54) is 5.56 Å². The third-order valence-corrected chi connectivity index (χ3v) is 4.80. The maximum absolute atomic E-state index is 12.8. The van der Waals surface area contributed by atoms with Crippen molar-refractivity contribution in [3.05, 3.63) is 79.5 Å². The Bertz CT molecular complexity index is 1140. The third-order valence-electron chi connectivity index (χ3n) is 4.80. The molecule has 0 radical (unpaired) electrons. The van der Waals surface area contributed by atoms with Crippen LogP contribution < -0.4 is 11.2 Å². The van der Waals surface area contributed by atoms with Crippen LogP contribution in [-0.4, -0.2) is 27.4 Å². The molecule has 6 heteroatoms. The van der Waals surface area contributed by atoms with Gasteiger partial charge in [0.25, 0.3) is 11.5 Å². The topological polar surface area (TPSA) is 75.2 Å². The van der Waals surface area contributed by atoms with Gasteiger partial charge in [0.15, 0.2) is 0 Å². The van der Waals surface area contributed by atoms with E-state index in [1.54, 1.807) is 37.1 Å². The standard InChI is InChI=1S/C21H23N3O3/c1-5-24-20(26)17-9-8-15(11-18(17)22-21(24)27)19(25)23(4)12-16-7-6-13(2)10-14(16)3/h6-11H,5,12H2,1-4H3,(H,22,27). The van der Waals surface area contributed by atoms with E-state index in [9.17, 15) is 14.4 Å². The first-order valence-corrected chi connectivity index (χ1v) is 8.90. The number of aromatic amines is 1. The van der Waals surface area contributed by atoms with Gasteiger partial charge in [0.2, 0.25) is 0 Å². The van der Waals surface area contributed by atoms with Crippen LogP contribution in [0, 0.1) is 13.8 Å². The van der Waals surface area contributed by atoms with Gasteiger partial charge in [-0.25, -0.2) is 4.79 Å². The highest BCUT2D eigenvalue weighted by Crippen LogP contribution is 2.16. The zero-order valence-corrected chi connectivity index (χ0v) is 16.0. The number of benzene rings is 2. The lowest BCUT2D eigenvalue weighted by molar-refractivity contribution is 0.0785. The largest absolute Gasteiger partial charge is 0.337 e. The first kappa shape index (κ1) is 18.6. The predicted molar refractivity (Wildman–Crippen MR) is 106 cm³/mol. The second kappa shape index (κ2) is 7.23. The second-order valence-electron chi connectivity index (χ2n) is 6.83. The molecule has 140 valence electrons. The number of aromatic nitrogens is 2. The molecule has 3 rings (SSSR count). The minimum Gasteiger partial charge on any atom is -0.337 e. The number of carbonyl (C=O) groups excluding carboxylic acids is 1. The quantitative estimate of drug-likeness (QED) is 0.772. The Morgan fingerprint density at radius 2 is 1.85 bits per heavy atom. The van der Waals surface area contributed by atoms with Crippen molar-refractivity contribution in [3.8, 4) is 0 Å². The number of H-pyrrole nitrogens is 1. The van der Waals surface area contributed by atoms with Crippen LogP contribution in [0.4, 0.5) is 0 Å². The van der Waals surface area contributed by atoms with E-state index in [0.29, 0.717) is 29.6 Å². The van der Waals surface area contributed by atoms with Crippen LogP contribution in [0.1, 0.15) is 34.0 Å². The summed E-state index contributed by atoms with van der Waals surface area (Å²) in [7, 11) is 1.74. The highest BCUT2D eigenvalue weighted by atomic mass is 16.2. The molecule has 0 unspecified atom stereocenters. The molecule has 0 aliphatic heterocycles. The Morgan fingerprint density at radius 1 is 1.11 bits per heavy atom. The highest BCUT2D eigenvalue weighted by molar-refractivity contribution is 5.97. The average Bonchev–Trinajstić information content (AvgIpc) is 2.63. The monoisotopic (exact) mass is 365 g/mol. The van der Waals surface area contributed by atoms with Gasteiger partial charge >= 0.3 is 5.69 Å². The van der Waals surface area contributed by atoms with Gasteiger partial charge in [-0.3, -0.25) is 14.2 Å². The maximum Gasteiger partial charge on any atom is 0.328 e. The molecule has 1 aromatic heterocycles. The van der Waals surface area contributed by atoms with Gasteiger partial charge in [0, 0.05) is 25.7 Å². The van der Waals surface area contributed by atoms with E-state index in [1.807, 2.05) is 26.0 Å². The molecule has 1 heterocycles. The van der Waals surface area contributed by atoms with Crippen molar-refractivity contribution in [3.63, 3.8) is 0 Å². The smallest absolute Gasteiger partial charge is 0.328 e. The third kappa shape index (κ3) is 3.56. The van der Waals surface area contributed by atoms with E-state index in [2.05, 4.69) is 11.1 Å². The molecule has 0 fully saturated rings. The van der Waals surface area contributed by atoms with Gasteiger partial charge in [0.1, 0.15) is 0 Å². The van der Waals surface area contributed by atoms with Crippen molar-refractivity contribution < 1.29 is 4.79 Å². The summed E-state index contributed by atoms with van der Waals surface area (Å²) in [5, 5.41) is 0.394. The first-order chi connectivity index (χ1) is 12.8.